The molecule has 0 amide bonds. The van der Waals surface area contributed by atoms with E-state index in [0.29, 0.717) is 5.25 Å². The molecule has 0 saturated carbocycles. The number of thioether (sulfide) groups is 1. The van der Waals surface area contributed by atoms with Gasteiger partial charge in [-0.2, -0.15) is 11.8 Å². The fraction of sp³-hybridized carbons (Fsp3) is 0.400. The number of pyridine rings is 1. The summed E-state index contributed by atoms with van der Waals surface area (Å²) >= 11 is 1.86. The van der Waals surface area contributed by atoms with Crippen molar-refractivity contribution in [2.75, 3.05) is 5.75 Å². The third kappa shape index (κ3) is 2.25. The summed E-state index contributed by atoms with van der Waals surface area (Å²) < 4.78 is 0. The number of hydrogen-bond acceptors (Lipinski definition) is 3. The van der Waals surface area contributed by atoms with E-state index in [2.05, 4.69) is 18.0 Å². The molecule has 1 fully saturated rings. The minimum Gasteiger partial charge on any atom is -0.389 e. The maximum absolute atomic E-state index is 10.6. The molecule has 94 valence electrons. The van der Waals surface area contributed by atoms with Gasteiger partial charge in [-0.3, -0.25) is 4.98 Å². The predicted molar refractivity (Wildman–Crippen MR) is 76.9 cm³/mol. The summed E-state index contributed by atoms with van der Waals surface area (Å²) in [6.45, 7) is 2.19. The standard InChI is InChI=1S/C15H17NOS/c1-11-8-15(17,10-18-11)9-12-6-7-16-14-5-3-2-4-13(12)14/h2-7,11,17H,8-10H2,1H3. The third-order valence-corrected chi connectivity index (χ3v) is 5.00. The molecule has 3 rings (SSSR count). The number of benzene rings is 1. The highest BCUT2D eigenvalue weighted by atomic mass is 32.2. The van der Waals surface area contributed by atoms with Crippen molar-refractivity contribution in [3.63, 3.8) is 0 Å². The monoisotopic (exact) mass is 259 g/mol. The molecule has 1 aromatic carbocycles. The predicted octanol–water partition coefficient (Wildman–Crippen LogP) is 3.03. The van der Waals surface area contributed by atoms with Crippen LogP contribution >= 0.6 is 11.8 Å². The summed E-state index contributed by atoms with van der Waals surface area (Å²) in [4.78, 5) is 4.37. The minimum absolute atomic E-state index is 0.547. The van der Waals surface area contributed by atoms with E-state index in [9.17, 15) is 5.11 Å². The van der Waals surface area contributed by atoms with Crippen molar-refractivity contribution in [3.8, 4) is 0 Å². The smallest absolute Gasteiger partial charge is 0.0788 e. The highest BCUT2D eigenvalue weighted by molar-refractivity contribution is 8.00. The zero-order valence-corrected chi connectivity index (χ0v) is 11.3. The fourth-order valence-electron chi connectivity index (χ4n) is 2.74. The molecule has 1 saturated heterocycles. The second-order valence-electron chi connectivity index (χ2n) is 5.21. The van der Waals surface area contributed by atoms with Gasteiger partial charge in [0.2, 0.25) is 0 Å². The Hall–Kier alpha value is -1.06. The number of rotatable bonds is 2. The summed E-state index contributed by atoms with van der Waals surface area (Å²) in [5.74, 6) is 0.838. The van der Waals surface area contributed by atoms with Crippen LogP contribution < -0.4 is 0 Å². The third-order valence-electron chi connectivity index (χ3n) is 3.56. The first-order chi connectivity index (χ1) is 8.66. The lowest BCUT2D eigenvalue weighted by molar-refractivity contribution is 0.0646. The molecule has 2 atom stereocenters. The number of nitrogens with zero attached hydrogens (tertiary/aromatic N) is 1. The van der Waals surface area contributed by atoms with E-state index in [1.165, 1.54) is 5.56 Å². The molecule has 0 radical (unpaired) electrons. The quantitative estimate of drug-likeness (QED) is 0.900. The Morgan fingerprint density at radius 1 is 1.39 bits per heavy atom. The molecule has 1 aliphatic heterocycles. The lowest BCUT2D eigenvalue weighted by Gasteiger charge is -2.22. The molecule has 2 aromatic rings. The van der Waals surface area contributed by atoms with Crippen molar-refractivity contribution in [1.82, 2.24) is 4.98 Å². The van der Waals surface area contributed by atoms with Crippen molar-refractivity contribution in [1.29, 1.82) is 0 Å². The van der Waals surface area contributed by atoms with E-state index in [4.69, 9.17) is 0 Å². The topological polar surface area (TPSA) is 33.1 Å². The van der Waals surface area contributed by atoms with Crippen LogP contribution in [-0.2, 0) is 6.42 Å². The van der Waals surface area contributed by atoms with Gasteiger partial charge in [0.1, 0.15) is 0 Å². The minimum atomic E-state index is -0.547. The largest absolute Gasteiger partial charge is 0.389 e. The summed E-state index contributed by atoms with van der Waals surface area (Å²) in [6, 6.07) is 10.2. The van der Waals surface area contributed by atoms with Gasteiger partial charge in [-0.05, 0) is 24.1 Å². The van der Waals surface area contributed by atoms with E-state index in [-0.39, 0.29) is 0 Å². The van der Waals surface area contributed by atoms with Crippen LogP contribution in [0.25, 0.3) is 10.9 Å². The Balaban J connectivity index is 1.95. The van der Waals surface area contributed by atoms with Crippen LogP contribution in [-0.4, -0.2) is 26.7 Å². The normalized spacial score (nSPS) is 27.8. The van der Waals surface area contributed by atoms with Crippen LogP contribution in [0.15, 0.2) is 36.5 Å². The molecule has 2 heterocycles. The zero-order valence-electron chi connectivity index (χ0n) is 10.5. The van der Waals surface area contributed by atoms with Gasteiger partial charge in [0.15, 0.2) is 0 Å². The average molecular weight is 259 g/mol. The number of hydrogen-bond donors (Lipinski definition) is 1. The van der Waals surface area contributed by atoms with E-state index >= 15 is 0 Å². The number of fused-ring (bicyclic) bond motifs is 1. The molecule has 1 aliphatic rings. The summed E-state index contributed by atoms with van der Waals surface area (Å²) in [5, 5.41) is 12.4. The average Bonchev–Trinajstić information content (AvgIpc) is 2.70. The molecule has 0 bridgehead atoms. The SMILES string of the molecule is CC1CC(O)(Cc2ccnc3ccccc23)CS1. The molecule has 1 N–H and O–H groups in total. The van der Waals surface area contributed by atoms with Gasteiger partial charge in [-0.15, -0.1) is 0 Å². The summed E-state index contributed by atoms with van der Waals surface area (Å²) in [5.41, 5.74) is 1.67. The van der Waals surface area contributed by atoms with E-state index in [1.54, 1.807) is 0 Å². The van der Waals surface area contributed by atoms with E-state index < -0.39 is 5.60 Å². The van der Waals surface area contributed by atoms with Crippen molar-refractivity contribution in [2.45, 2.75) is 30.6 Å². The van der Waals surface area contributed by atoms with Crippen LogP contribution in [0.2, 0.25) is 0 Å². The van der Waals surface area contributed by atoms with Gasteiger partial charge in [0.05, 0.1) is 11.1 Å². The first-order valence-corrected chi connectivity index (χ1v) is 7.38. The second kappa shape index (κ2) is 4.56. The molecule has 0 spiro atoms. The molecular weight excluding hydrogens is 242 g/mol. The highest BCUT2D eigenvalue weighted by Crippen LogP contribution is 2.37. The van der Waals surface area contributed by atoms with Crippen molar-refractivity contribution in [2.24, 2.45) is 0 Å². The van der Waals surface area contributed by atoms with Crippen molar-refractivity contribution in [3.05, 3.63) is 42.1 Å². The number of aliphatic hydroxyl groups is 1. The fourth-order valence-corrected chi connectivity index (χ4v) is 3.98. The van der Waals surface area contributed by atoms with Gasteiger partial charge in [-0.25, -0.2) is 0 Å². The lowest BCUT2D eigenvalue weighted by Crippen LogP contribution is -2.31. The first-order valence-electron chi connectivity index (χ1n) is 6.33. The lowest BCUT2D eigenvalue weighted by atomic mass is 9.91. The summed E-state index contributed by atoms with van der Waals surface area (Å²) in [6.07, 6.45) is 3.45. The number of aromatic nitrogens is 1. The van der Waals surface area contributed by atoms with Crippen LogP contribution in [0.5, 0.6) is 0 Å². The maximum Gasteiger partial charge on any atom is 0.0788 e. The maximum atomic E-state index is 10.6. The molecule has 3 heteroatoms. The summed E-state index contributed by atoms with van der Waals surface area (Å²) in [7, 11) is 0. The molecule has 1 aromatic heterocycles. The Morgan fingerprint density at radius 2 is 2.22 bits per heavy atom. The molecule has 2 nitrogen and oxygen atoms in total. The molecule has 0 aliphatic carbocycles. The van der Waals surface area contributed by atoms with Crippen molar-refractivity contribution < 1.29 is 5.11 Å². The highest BCUT2D eigenvalue weighted by Gasteiger charge is 2.36. The Kier molecular flexibility index (Phi) is 3.04. The zero-order chi connectivity index (χ0) is 12.6. The number of para-hydroxylation sites is 1. The van der Waals surface area contributed by atoms with Crippen molar-refractivity contribution >= 4 is 22.7 Å². The second-order valence-corrected chi connectivity index (χ2v) is 6.64. The van der Waals surface area contributed by atoms with Crippen LogP contribution in [0, 0.1) is 0 Å². The first kappa shape index (κ1) is 12.0. The van der Waals surface area contributed by atoms with E-state index in [1.807, 2.05) is 42.2 Å². The van der Waals surface area contributed by atoms with Gasteiger partial charge in [0, 0.05) is 29.0 Å². The van der Waals surface area contributed by atoms with Crippen LogP contribution in [0.3, 0.4) is 0 Å². The van der Waals surface area contributed by atoms with Crippen LogP contribution in [0.4, 0.5) is 0 Å². The molecule has 18 heavy (non-hydrogen) atoms. The van der Waals surface area contributed by atoms with E-state index in [0.717, 1.165) is 29.5 Å². The Bertz CT molecular complexity index is 566. The Morgan fingerprint density at radius 3 is 3.00 bits per heavy atom. The molecule has 2 unspecified atom stereocenters. The van der Waals surface area contributed by atoms with Gasteiger partial charge >= 0.3 is 0 Å². The van der Waals surface area contributed by atoms with Gasteiger partial charge in [-0.1, -0.05) is 25.1 Å². The van der Waals surface area contributed by atoms with Gasteiger partial charge < -0.3 is 5.11 Å². The van der Waals surface area contributed by atoms with Crippen LogP contribution in [0.1, 0.15) is 18.9 Å². The van der Waals surface area contributed by atoms with Gasteiger partial charge in [0.25, 0.3) is 0 Å². The molecular formula is C15H17NOS. The Labute approximate surface area is 111 Å².